The Hall–Kier alpha value is -2.10. The molecular formula is C20H24N2O4S2Si. The van der Waals surface area contributed by atoms with Gasteiger partial charge in [0.05, 0.1) is 43.6 Å². The molecule has 0 aliphatic carbocycles. The summed E-state index contributed by atoms with van der Waals surface area (Å²) in [6.45, 7) is 15.1. The molecule has 0 N–H and O–H groups in total. The van der Waals surface area contributed by atoms with Crippen LogP contribution in [0.5, 0.6) is 0 Å². The molecule has 0 spiro atoms. The predicted octanol–water partition coefficient (Wildman–Crippen LogP) is 3.00. The maximum atomic E-state index is 11.9. The number of carbonyl (C=O) groups excluding carboxylic acids is 2. The first-order valence-electron chi connectivity index (χ1n) is 9.27. The molecule has 9 heteroatoms. The van der Waals surface area contributed by atoms with Crippen molar-refractivity contribution in [1.29, 1.82) is 0 Å². The largest absolute Gasteiger partial charge is 0.463 e. The monoisotopic (exact) mass is 448 g/mol. The molecule has 0 radical (unpaired) electrons. The van der Waals surface area contributed by atoms with Gasteiger partial charge in [-0.2, -0.15) is 0 Å². The standard InChI is InChI=1S/C20H24N2O4S2Si/c1-11(2)19(23)25-7-9-29(10-8-26-20(24)12(3)4)17-15(27-13(5)21-17)16-18(29)22-14(6)28-16/h1,3,7-10H2,2,4-6H3. The van der Waals surface area contributed by atoms with Crippen molar-refractivity contribution in [1.82, 2.24) is 9.97 Å². The minimum absolute atomic E-state index is 0.262. The summed E-state index contributed by atoms with van der Waals surface area (Å²) in [6.07, 6.45) is 0. The molecule has 0 bridgehead atoms. The van der Waals surface area contributed by atoms with Gasteiger partial charge in [-0.3, -0.25) is 9.97 Å². The number of aryl methyl sites for hydroxylation is 2. The fraction of sp³-hybridized carbons (Fsp3) is 0.400. The number of esters is 2. The fourth-order valence-corrected chi connectivity index (χ4v) is 11.2. The third kappa shape index (κ3) is 4.12. The van der Waals surface area contributed by atoms with Gasteiger partial charge in [0.15, 0.2) is 8.07 Å². The number of ether oxygens (including phenoxy) is 2. The third-order valence-corrected chi connectivity index (χ3v) is 11.9. The van der Waals surface area contributed by atoms with Crippen LogP contribution in [-0.4, -0.2) is 43.2 Å². The van der Waals surface area contributed by atoms with Crippen LogP contribution in [0, 0.1) is 13.8 Å². The van der Waals surface area contributed by atoms with Gasteiger partial charge < -0.3 is 9.47 Å². The average Bonchev–Trinajstić information content (AvgIpc) is 3.27. The van der Waals surface area contributed by atoms with E-state index in [0.717, 1.165) is 20.6 Å². The second-order valence-electron chi connectivity index (χ2n) is 7.24. The highest BCUT2D eigenvalue weighted by molar-refractivity contribution is 7.28. The van der Waals surface area contributed by atoms with Crippen molar-refractivity contribution < 1.29 is 19.1 Å². The minimum atomic E-state index is -2.45. The van der Waals surface area contributed by atoms with Gasteiger partial charge in [0.25, 0.3) is 0 Å². The van der Waals surface area contributed by atoms with Crippen LogP contribution in [0.25, 0.3) is 9.75 Å². The first-order valence-corrected chi connectivity index (χ1v) is 13.3. The van der Waals surface area contributed by atoms with Gasteiger partial charge in [-0.15, -0.1) is 22.7 Å². The molecule has 3 rings (SSSR count). The molecule has 3 heterocycles. The number of thiazole rings is 2. The van der Waals surface area contributed by atoms with Crippen molar-refractivity contribution in [3.63, 3.8) is 0 Å². The highest BCUT2D eigenvalue weighted by atomic mass is 32.1. The number of fused-ring (bicyclic) bond motifs is 3. The number of hydrogen-bond donors (Lipinski definition) is 0. The summed E-state index contributed by atoms with van der Waals surface area (Å²) in [7, 11) is -2.45. The maximum absolute atomic E-state index is 11.9. The molecule has 0 fully saturated rings. The quantitative estimate of drug-likeness (QED) is 0.351. The highest BCUT2D eigenvalue weighted by Gasteiger charge is 2.51. The Morgan fingerprint density at radius 3 is 1.59 bits per heavy atom. The lowest BCUT2D eigenvalue weighted by atomic mass is 10.4. The van der Waals surface area contributed by atoms with Crippen molar-refractivity contribution in [2.24, 2.45) is 0 Å². The molecule has 0 saturated heterocycles. The minimum Gasteiger partial charge on any atom is -0.463 e. The summed E-state index contributed by atoms with van der Waals surface area (Å²) < 4.78 is 10.9. The van der Waals surface area contributed by atoms with Crippen LogP contribution in [0.2, 0.25) is 12.1 Å². The molecule has 0 saturated carbocycles. The number of rotatable bonds is 8. The van der Waals surface area contributed by atoms with Crippen LogP contribution in [0.3, 0.4) is 0 Å². The molecule has 154 valence electrons. The number of aromatic nitrogens is 2. The summed E-state index contributed by atoms with van der Waals surface area (Å²) >= 11 is 3.35. The van der Waals surface area contributed by atoms with E-state index >= 15 is 0 Å². The number of nitrogens with zero attached hydrogens (tertiary/aromatic N) is 2. The molecule has 0 aromatic carbocycles. The van der Waals surface area contributed by atoms with E-state index in [2.05, 4.69) is 13.2 Å². The predicted molar refractivity (Wildman–Crippen MR) is 119 cm³/mol. The maximum Gasteiger partial charge on any atom is 0.333 e. The van der Waals surface area contributed by atoms with Crippen LogP contribution >= 0.6 is 22.7 Å². The Morgan fingerprint density at radius 1 is 0.862 bits per heavy atom. The zero-order valence-corrected chi connectivity index (χ0v) is 19.7. The lowest BCUT2D eigenvalue weighted by Crippen LogP contribution is -2.58. The van der Waals surface area contributed by atoms with Gasteiger partial charge >= 0.3 is 11.9 Å². The summed E-state index contributed by atoms with van der Waals surface area (Å²) in [5, 5.41) is 4.15. The Labute approximate surface area is 179 Å². The molecule has 1 aliphatic heterocycles. The first-order chi connectivity index (χ1) is 13.7. The smallest absolute Gasteiger partial charge is 0.333 e. The van der Waals surface area contributed by atoms with Crippen LogP contribution in [0.1, 0.15) is 23.9 Å². The molecule has 2 aromatic rings. The molecule has 29 heavy (non-hydrogen) atoms. The zero-order valence-electron chi connectivity index (χ0n) is 17.1. The average molecular weight is 449 g/mol. The van der Waals surface area contributed by atoms with Crippen molar-refractivity contribution in [2.45, 2.75) is 39.8 Å². The SMILES string of the molecule is C=C(C)C(=O)OCC[Si]1(CCOC(=O)C(=C)C)c2nc(C)sc2-c2sc(C)nc21. The first kappa shape index (κ1) is 21.6. The summed E-state index contributed by atoms with van der Waals surface area (Å²) in [5.41, 5.74) is 0.746. The Morgan fingerprint density at radius 2 is 1.24 bits per heavy atom. The third-order valence-electron chi connectivity index (χ3n) is 4.80. The van der Waals surface area contributed by atoms with E-state index < -0.39 is 20.0 Å². The van der Waals surface area contributed by atoms with Crippen molar-refractivity contribution in [2.75, 3.05) is 13.2 Å². The summed E-state index contributed by atoms with van der Waals surface area (Å²) in [5.74, 6) is -0.796. The van der Waals surface area contributed by atoms with Gasteiger partial charge in [-0.05, 0) is 39.8 Å². The van der Waals surface area contributed by atoms with Crippen molar-refractivity contribution in [3.05, 3.63) is 34.3 Å². The normalized spacial score (nSPS) is 13.5. The Bertz CT molecular complexity index is 928. The van der Waals surface area contributed by atoms with Crippen LogP contribution < -0.4 is 10.6 Å². The van der Waals surface area contributed by atoms with Gasteiger partial charge in [-0.1, -0.05) is 13.2 Å². The van der Waals surface area contributed by atoms with Crippen molar-refractivity contribution in [3.8, 4) is 9.75 Å². The Balaban J connectivity index is 1.94. The molecule has 0 amide bonds. The molecule has 6 nitrogen and oxygen atoms in total. The Kier molecular flexibility index (Phi) is 6.21. The fourth-order valence-electron chi connectivity index (χ4n) is 3.40. The molecule has 0 atom stereocenters. The zero-order chi connectivity index (χ0) is 21.3. The summed E-state index contributed by atoms with van der Waals surface area (Å²) in [6, 6.07) is 1.28. The van der Waals surface area contributed by atoms with Crippen molar-refractivity contribution >= 4 is 53.3 Å². The van der Waals surface area contributed by atoms with E-state index in [9.17, 15) is 9.59 Å². The highest BCUT2D eigenvalue weighted by Crippen LogP contribution is 2.39. The van der Waals surface area contributed by atoms with E-state index in [0.29, 0.717) is 23.2 Å². The molecule has 0 unspecified atom stereocenters. The second kappa shape index (κ2) is 8.33. The van der Waals surface area contributed by atoms with Gasteiger partial charge in [0, 0.05) is 11.1 Å². The number of carbonyl (C=O) groups is 2. The van der Waals surface area contributed by atoms with E-state index in [1.54, 1.807) is 36.5 Å². The van der Waals surface area contributed by atoms with Gasteiger partial charge in [-0.25, -0.2) is 9.59 Å². The molecule has 1 aliphatic rings. The van der Waals surface area contributed by atoms with Crippen LogP contribution in [0.15, 0.2) is 24.3 Å². The van der Waals surface area contributed by atoms with Crippen LogP contribution in [-0.2, 0) is 19.1 Å². The van der Waals surface area contributed by atoms with Gasteiger partial charge in [0.2, 0.25) is 0 Å². The number of hydrogen-bond acceptors (Lipinski definition) is 8. The lowest BCUT2D eigenvalue weighted by molar-refractivity contribution is -0.139. The van der Waals surface area contributed by atoms with E-state index in [-0.39, 0.29) is 13.2 Å². The molecular weight excluding hydrogens is 424 g/mol. The molecule has 2 aromatic heterocycles. The van der Waals surface area contributed by atoms with E-state index in [1.807, 2.05) is 13.8 Å². The topological polar surface area (TPSA) is 78.4 Å². The summed E-state index contributed by atoms with van der Waals surface area (Å²) in [4.78, 5) is 35.8. The second-order valence-corrected chi connectivity index (χ2v) is 13.8. The van der Waals surface area contributed by atoms with Crippen LogP contribution in [0.4, 0.5) is 0 Å². The lowest BCUT2D eigenvalue weighted by Gasteiger charge is -2.26. The van der Waals surface area contributed by atoms with Gasteiger partial charge in [0.1, 0.15) is 0 Å². The van der Waals surface area contributed by atoms with E-state index in [1.165, 1.54) is 9.75 Å². The van der Waals surface area contributed by atoms with E-state index in [4.69, 9.17) is 19.4 Å².